The fourth-order valence-electron chi connectivity index (χ4n) is 3.73. The predicted octanol–water partition coefficient (Wildman–Crippen LogP) is 5.72. The Balaban J connectivity index is 1.60. The van der Waals surface area contributed by atoms with Gasteiger partial charge >= 0.3 is 0 Å². The largest absolute Gasteiger partial charge is 0.464 e. The van der Waals surface area contributed by atoms with Gasteiger partial charge in [0.1, 0.15) is 11.6 Å². The molecule has 2 heterocycles. The molecule has 3 aromatic carbocycles. The van der Waals surface area contributed by atoms with Crippen molar-refractivity contribution in [2.45, 2.75) is 18.7 Å². The second-order valence-electron chi connectivity index (χ2n) is 6.72. The topological polar surface area (TPSA) is 24.8 Å². The van der Waals surface area contributed by atoms with Crippen molar-refractivity contribution in [3.05, 3.63) is 100 Å². The van der Waals surface area contributed by atoms with Crippen molar-refractivity contribution in [1.29, 1.82) is 0 Å². The molecule has 3 aromatic rings. The Labute approximate surface area is 161 Å². The van der Waals surface area contributed by atoms with Crippen LogP contribution in [0, 0.1) is 5.82 Å². The van der Waals surface area contributed by atoms with Crippen LogP contribution in [0.3, 0.4) is 0 Å². The molecule has 0 fully saturated rings. The summed E-state index contributed by atoms with van der Waals surface area (Å²) in [6.07, 6.45) is 0.291. The highest BCUT2D eigenvalue weighted by molar-refractivity contribution is 6.30. The molecule has 2 aliphatic heterocycles. The van der Waals surface area contributed by atoms with Gasteiger partial charge in [0.25, 0.3) is 0 Å². The van der Waals surface area contributed by atoms with Crippen LogP contribution in [-0.4, -0.2) is 10.7 Å². The third kappa shape index (κ3) is 2.86. The Hall–Kier alpha value is -2.85. The van der Waals surface area contributed by atoms with Crippen LogP contribution >= 0.6 is 11.6 Å². The van der Waals surface area contributed by atoms with Gasteiger partial charge in [-0.3, -0.25) is 0 Å². The van der Waals surface area contributed by atoms with E-state index in [0.717, 1.165) is 34.6 Å². The summed E-state index contributed by atoms with van der Waals surface area (Å²) in [5.74, 6) is 0.535. The monoisotopic (exact) mass is 378 g/mol. The fourth-order valence-corrected chi connectivity index (χ4v) is 3.86. The van der Waals surface area contributed by atoms with Crippen LogP contribution < -0.4 is 4.74 Å². The van der Waals surface area contributed by atoms with Crippen molar-refractivity contribution in [1.82, 2.24) is 5.01 Å². The van der Waals surface area contributed by atoms with Crippen molar-refractivity contribution in [3.63, 3.8) is 0 Å². The Morgan fingerprint density at radius 3 is 2.63 bits per heavy atom. The summed E-state index contributed by atoms with van der Waals surface area (Å²) in [4.78, 5) is 0. The minimum atomic E-state index is -0.467. The lowest BCUT2D eigenvalue weighted by Crippen LogP contribution is -2.33. The number of hydrazone groups is 1. The van der Waals surface area contributed by atoms with Crippen LogP contribution in [0.2, 0.25) is 5.02 Å². The summed E-state index contributed by atoms with van der Waals surface area (Å²) in [6, 6.07) is 22.2. The molecule has 3 nitrogen and oxygen atoms in total. The third-order valence-electron chi connectivity index (χ3n) is 5.01. The highest BCUT2D eigenvalue weighted by Gasteiger charge is 2.40. The number of fused-ring (bicyclic) bond motifs is 3. The summed E-state index contributed by atoms with van der Waals surface area (Å²) in [6.45, 7) is 0. The number of hydrogen-bond donors (Lipinski definition) is 0. The average molecular weight is 379 g/mol. The molecule has 2 unspecified atom stereocenters. The molecule has 27 heavy (non-hydrogen) atoms. The van der Waals surface area contributed by atoms with Gasteiger partial charge in [0.2, 0.25) is 6.23 Å². The second kappa shape index (κ2) is 6.39. The number of rotatable bonds is 2. The van der Waals surface area contributed by atoms with Crippen molar-refractivity contribution >= 4 is 17.3 Å². The molecular formula is C22H16ClFN2O. The molecule has 0 aliphatic carbocycles. The van der Waals surface area contributed by atoms with Crippen LogP contribution in [-0.2, 0) is 0 Å². The molecule has 134 valence electrons. The molecule has 0 bridgehead atoms. The van der Waals surface area contributed by atoms with Gasteiger partial charge in [-0.1, -0.05) is 54.1 Å². The van der Waals surface area contributed by atoms with Gasteiger partial charge in [-0.2, -0.15) is 5.10 Å². The first-order valence-corrected chi connectivity index (χ1v) is 9.19. The zero-order valence-electron chi connectivity index (χ0n) is 14.3. The average Bonchev–Trinajstić information content (AvgIpc) is 3.13. The molecule has 0 aromatic heterocycles. The van der Waals surface area contributed by atoms with Gasteiger partial charge < -0.3 is 4.74 Å². The minimum absolute atomic E-state index is 0.0499. The predicted molar refractivity (Wildman–Crippen MR) is 103 cm³/mol. The molecular weight excluding hydrogens is 363 g/mol. The van der Waals surface area contributed by atoms with Crippen LogP contribution in [0.5, 0.6) is 5.75 Å². The van der Waals surface area contributed by atoms with Crippen LogP contribution in [0.1, 0.15) is 35.4 Å². The van der Waals surface area contributed by atoms with Gasteiger partial charge in [-0.15, -0.1) is 0 Å². The van der Waals surface area contributed by atoms with E-state index in [-0.39, 0.29) is 11.9 Å². The van der Waals surface area contributed by atoms with E-state index in [9.17, 15) is 4.39 Å². The van der Waals surface area contributed by atoms with Crippen molar-refractivity contribution < 1.29 is 9.13 Å². The van der Waals surface area contributed by atoms with E-state index < -0.39 is 6.23 Å². The summed E-state index contributed by atoms with van der Waals surface area (Å²) in [5.41, 5.74) is 3.84. The first kappa shape index (κ1) is 16.3. The van der Waals surface area contributed by atoms with E-state index in [1.165, 1.54) is 12.1 Å². The van der Waals surface area contributed by atoms with E-state index in [1.807, 2.05) is 53.5 Å². The first-order valence-electron chi connectivity index (χ1n) is 8.82. The summed E-state index contributed by atoms with van der Waals surface area (Å²) >= 11 is 6.02. The van der Waals surface area contributed by atoms with Crippen molar-refractivity contribution in [3.8, 4) is 5.75 Å². The number of benzene rings is 3. The zero-order chi connectivity index (χ0) is 18.4. The minimum Gasteiger partial charge on any atom is -0.464 e. The molecule has 5 heteroatoms. The van der Waals surface area contributed by atoms with E-state index in [1.54, 1.807) is 6.07 Å². The number of nitrogens with zero attached hydrogens (tertiary/aromatic N) is 2. The fraction of sp³-hybridized carbons (Fsp3) is 0.136. The molecule has 0 amide bonds. The third-order valence-corrected chi connectivity index (χ3v) is 5.26. The van der Waals surface area contributed by atoms with Gasteiger partial charge in [0.05, 0.1) is 11.8 Å². The van der Waals surface area contributed by atoms with E-state index in [4.69, 9.17) is 21.4 Å². The Morgan fingerprint density at radius 2 is 1.81 bits per heavy atom. The SMILES string of the molecule is Fc1cccc(C2Oc3ccccc3C3CC(c4ccc(Cl)cc4)=NN32)c1. The Kier molecular flexibility index (Phi) is 3.87. The summed E-state index contributed by atoms with van der Waals surface area (Å²) in [5, 5.41) is 7.50. The smallest absolute Gasteiger partial charge is 0.213 e. The maximum absolute atomic E-state index is 13.8. The lowest BCUT2D eigenvalue weighted by Gasteiger charge is -2.38. The lowest BCUT2D eigenvalue weighted by atomic mass is 9.96. The van der Waals surface area contributed by atoms with E-state index >= 15 is 0 Å². The first-order chi connectivity index (χ1) is 13.2. The standard InChI is InChI=1S/C22H16ClFN2O/c23-16-10-8-14(9-11-16)19-13-20-18-6-1-2-7-21(18)27-22(26(20)25-19)15-4-3-5-17(24)12-15/h1-12,20,22H,13H2. The lowest BCUT2D eigenvalue weighted by molar-refractivity contribution is -0.0192. The molecule has 0 spiro atoms. The normalized spacial score (nSPS) is 20.5. The quantitative estimate of drug-likeness (QED) is 0.569. The molecule has 0 radical (unpaired) electrons. The van der Waals surface area contributed by atoms with Gasteiger partial charge in [0, 0.05) is 22.6 Å². The molecule has 0 N–H and O–H groups in total. The van der Waals surface area contributed by atoms with Crippen LogP contribution in [0.15, 0.2) is 77.9 Å². The van der Waals surface area contributed by atoms with Crippen LogP contribution in [0.25, 0.3) is 0 Å². The highest BCUT2D eigenvalue weighted by Crippen LogP contribution is 2.47. The van der Waals surface area contributed by atoms with E-state index in [0.29, 0.717) is 5.02 Å². The molecule has 0 saturated carbocycles. The Bertz CT molecular complexity index is 1030. The van der Waals surface area contributed by atoms with Gasteiger partial charge in [-0.05, 0) is 35.9 Å². The van der Waals surface area contributed by atoms with E-state index in [2.05, 4.69) is 6.07 Å². The van der Waals surface area contributed by atoms with Gasteiger partial charge in [0.15, 0.2) is 0 Å². The molecule has 2 aliphatic rings. The number of para-hydroxylation sites is 1. The van der Waals surface area contributed by atoms with Crippen molar-refractivity contribution in [2.24, 2.45) is 5.10 Å². The molecule has 5 rings (SSSR count). The van der Waals surface area contributed by atoms with Crippen molar-refractivity contribution in [2.75, 3.05) is 0 Å². The van der Waals surface area contributed by atoms with Crippen LogP contribution in [0.4, 0.5) is 4.39 Å². The summed E-state index contributed by atoms with van der Waals surface area (Å²) < 4.78 is 20.0. The maximum Gasteiger partial charge on any atom is 0.213 e. The van der Waals surface area contributed by atoms with Gasteiger partial charge in [-0.25, -0.2) is 9.40 Å². The zero-order valence-corrected chi connectivity index (χ0v) is 15.1. The summed E-state index contributed by atoms with van der Waals surface area (Å²) in [7, 11) is 0. The maximum atomic E-state index is 13.8. The number of halogens is 2. The second-order valence-corrected chi connectivity index (χ2v) is 7.15. The Morgan fingerprint density at radius 1 is 1.00 bits per heavy atom. The molecule has 2 atom stereocenters. The molecule has 0 saturated heterocycles. The highest BCUT2D eigenvalue weighted by atomic mass is 35.5. The number of hydrogen-bond acceptors (Lipinski definition) is 3. The number of ether oxygens (including phenoxy) is 1.